The molecule has 3 amide bonds. The molecule has 0 bridgehead atoms. The van der Waals surface area contributed by atoms with Gasteiger partial charge in [-0.25, -0.2) is 4.79 Å². The summed E-state index contributed by atoms with van der Waals surface area (Å²) >= 11 is 1.57. The molecule has 34 heavy (non-hydrogen) atoms. The number of nitrogens with zero attached hydrogens (tertiary/aromatic N) is 1. The van der Waals surface area contributed by atoms with E-state index >= 15 is 0 Å². The Labute approximate surface area is 204 Å². The quantitative estimate of drug-likeness (QED) is 0.525. The predicted molar refractivity (Wildman–Crippen MR) is 133 cm³/mol. The lowest BCUT2D eigenvalue weighted by Crippen LogP contribution is -2.62. The minimum atomic E-state index is -0.131. The van der Waals surface area contributed by atoms with Gasteiger partial charge in [-0.15, -0.1) is 0 Å². The summed E-state index contributed by atoms with van der Waals surface area (Å²) in [6.45, 7) is 4.23. The Morgan fingerprint density at radius 1 is 1.15 bits per heavy atom. The van der Waals surface area contributed by atoms with E-state index in [1.165, 1.54) is 5.56 Å². The number of nitrogens with one attached hydrogen (secondary N) is 4. The molecule has 1 aromatic rings. The number of rotatable bonds is 4. The fraction of sp³-hybridized carbons (Fsp3) is 0.600. The number of amides is 3. The number of hydrogen-bond donors (Lipinski definition) is 4. The fourth-order valence-electron chi connectivity index (χ4n) is 6.11. The molecule has 4 fully saturated rings. The van der Waals surface area contributed by atoms with E-state index in [-0.39, 0.29) is 35.3 Å². The van der Waals surface area contributed by atoms with E-state index in [0.717, 1.165) is 76.3 Å². The molecule has 8 nitrogen and oxygen atoms in total. The van der Waals surface area contributed by atoms with Crippen molar-refractivity contribution >= 4 is 29.4 Å². The van der Waals surface area contributed by atoms with Crippen molar-refractivity contribution in [3.05, 3.63) is 40.4 Å². The van der Waals surface area contributed by atoms with Gasteiger partial charge in [-0.2, -0.15) is 0 Å². The number of benzene rings is 1. The lowest BCUT2D eigenvalue weighted by Gasteiger charge is -2.46. The summed E-state index contributed by atoms with van der Waals surface area (Å²) in [7, 11) is 0. The minimum Gasteiger partial charge on any atom is -0.381 e. The number of urea groups is 1. The van der Waals surface area contributed by atoms with Crippen LogP contribution in [-0.4, -0.2) is 62.2 Å². The van der Waals surface area contributed by atoms with Crippen molar-refractivity contribution in [2.45, 2.75) is 55.5 Å². The van der Waals surface area contributed by atoms with Crippen LogP contribution in [0.25, 0.3) is 0 Å². The van der Waals surface area contributed by atoms with Gasteiger partial charge in [0.2, 0.25) is 0 Å². The molecule has 0 aliphatic carbocycles. The van der Waals surface area contributed by atoms with E-state index in [9.17, 15) is 9.59 Å². The van der Waals surface area contributed by atoms with Crippen LogP contribution in [0.15, 0.2) is 34.9 Å². The van der Waals surface area contributed by atoms with Crippen LogP contribution >= 0.6 is 11.8 Å². The van der Waals surface area contributed by atoms with E-state index in [0.29, 0.717) is 10.8 Å². The normalized spacial score (nSPS) is 31.8. The van der Waals surface area contributed by atoms with Crippen LogP contribution in [0.5, 0.6) is 0 Å². The van der Waals surface area contributed by atoms with Gasteiger partial charge in [0.15, 0.2) is 0 Å². The molecule has 5 aliphatic heterocycles. The highest BCUT2D eigenvalue weighted by Gasteiger charge is 2.51. The second-order valence-electron chi connectivity index (χ2n) is 9.92. The number of carbonyl (C=O) groups excluding carboxylic acids is 2. The van der Waals surface area contributed by atoms with Gasteiger partial charge < -0.3 is 26.0 Å². The Hall–Kier alpha value is -2.07. The Morgan fingerprint density at radius 2 is 2.03 bits per heavy atom. The second-order valence-corrected chi connectivity index (χ2v) is 11.1. The molecule has 5 aliphatic rings. The van der Waals surface area contributed by atoms with Crippen LogP contribution in [0.2, 0.25) is 0 Å². The lowest BCUT2D eigenvalue weighted by atomic mass is 9.86. The van der Waals surface area contributed by atoms with E-state index < -0.39 is 0 Å². The zero-order valence-corrected chi connectivity index (χ0v) is 20.2. The smallest absolute Gasteiger partial charge is 0.326 e. The topological polar surface area (TPSA) is 94.7 Å². The molecule has 9 heteroatoms. The van der Waals surface area contributed by atoms with E-state index in [1.54, 1.807) is 11.8 Å². The monoisotopic (exact) mass is 483 g/mol. The third kappa shape index (κ3) is 4.12. The zero-order chi connectivity index (χ0) is 23.1. The first-order chi connectivity index (χ1) is 16.7. The number of piperidine rings is 2. The molecule has 4 saturated heterocycles. The molecule has 0 spiro atoms. The molecule has 0 aromatic heterocycles. The highest BCUT2D eigenvalue weighted by Crippen LogP contribution is 2.48. The largest absolute Gasteiger partial charge is 0.381 e. The summed E-state index contributed by atoms with van der Waals surface area (Å²) in [5.41, 5.74) is 3.03. The highest BCUT2D eigenvalue weighted by molar-refractivity contribution is 8.04. The molecule has 5 heterocycles. The van der Waals surface area contributed by atoms with E-state index in [4.69, 9.17) is 4.74 Å². The Balaban J connectivity index is 1.26. The van der Waals surface area contributed by atoms with Crippen LogP contribution in [0.4, 0.5) is 10.5 Å². The minimum absolute atomic E-state index is 0.0362. The Kier molecular flexibility index (Phi) is 6.28. The molecule has 4 N–H and O–H groups in total. The van der Waals surface area contributed by atoms with Crippen molar-refractivity contribution < 1.29 is 14.3 Å². The zero-order valence-electron chi connectivity index (χ0n) is 19.3. The van der Waals surface area contributed by atoms with Crippen molar-refractivity contribution in [2.24, 2.45) is 5.92 Å². The van der Waals surface area contributed by atoms with Crippen molar-refractivity contribution in [3.63, 3.8) is 0 Å². The van der Waals surface area contributed by atoms with E-state index in [1.807, 2.05) is 11.0 Å². The van der Waals surface area contributed by atoms with Gasteiger partial charge in [0.25, 0.3) is 5.91 Å². The summed E-state index contributed by atoms with van der Waals surface area (Å²) in [6.07, 6.45) is 4.96. The van der Waals surface area contributed by atoms with Crippen LogP contribution in [0.1, 0.15) is 43.6 Å². The van der Waals surface area contributed by atoms with Gasteiger partial charge in [-0.3, -0.25) is 9.69 Å². The second kappa shape index (κ2) is 9.53. The van der Waals surface area contributed by atoms with Gasteiger partial charge in [-0.1, -0.05) is 23.9 Å². The first kappa shape index (κ1) is 22.4. The van der Waals surface area contributed by atoms with Crippen LogP contribution < -0.4 is 26.2 Å². The molecule has 6 rings (SSSR count). The van der Waals surface area contributed by atoms with Crippen LogP contribution in [0.3, 0.4) is 0 Å². The number of anilines is 1. The maximum atomic E-state index is 13.5. The number of carbonyl (C=O) groups is 2. The number of thioether (sulfide) groups is 1. The van der Waals surface area contributed by atoms with Crippen molar-refractivity contribution in [1.82, 2.24) is 21.3 Å². The first-order valence-corrected chi connectivity index (χ1v) is 13.5. The number of ether oxygens (including phenoxy) is 1. The maximum absolute atomic E-state index is 13.5. The third-order valence-corrected chi connectivity index (χ3v) is 9.18. The third-order valence-electron chi connectivity index (χ3n) is 7.82. The van der Waals surface area contributed by atoms with Crippen LogP contribution in [-0.2, 0) is 9.53 Å². The molecule has 3 unspecified atom stereocenters. The van der Waals surface area contributed by atoms with Crippen molar-refractivity contribution in [3.8, 4) is 0 Å². The molecular formula is C25H33N5O3S. The highest BCUT2D eigenvalue weighted by atomic mass is 32.2. The van der Waals surface area contributed by atoms with Gasteiger partial charge >= 0.3 is 6.03 Å². The average Bonchev–Trinajstić information content (AvgIpc) is 3.25. The fourth-order valence-corrected chi connectivity index (χ4v) is 7.51. The number of hydrogen-bond acceptors (Lipinski definition) is 6. The molecular weight excluding hydrogens is 450 g/mol. The Bertz CT molecular complexity index is 989. The summed E-state index contributed by atoms with van der Waals surface area (Å²) in [5, 5.41) is 13.4. The molecule has 182 valence electrons. The molecule has 4 atom stereocenters. The maximum Gasteiger partial charge on any atom is 0.326 e. The van der Waals surface area contributed by atoms with Crippen molar-refractivity contribution in [2.75, 3.05) is 37.7 Å². The summed E-state index contributed by atoms with van der Waals surface area (Å²) in [5.74, 6) is 0.497. The van der Waals surface area contributed by atoms with Gasteiger partial charge in [-0.05, 0) is 68.8 Å². The van der Waals surface area contributed by atoms with Gasteiger partial charge in [0, 0.05) is 43.1 Å². The average molecular weight is 484 g/mol. The van der Waals surface area contributed by atoms with Gasteiger partial charge in [0.05, 0.1) is 16.3 Å². The molecule has 0 saturated carbocycles. The van der Waals surface area contributed by atoms with Gasteiger partial charge in [0.1, 0.15) is 0 Å². The van der Waals surface area contributed by atoms with E-state index in [2.05, 4.69) is 39.5 Å². The lowest BCUT2D eigenvalue weighted by molar-refractivity contribution is -0.117. The Morgan fingerprint density at radius 3 is 2.85 bits per heavy atom. The predicted octanol–water partition coefficient (Wildman–Crippen LogP) is 2.24. The summed E-state index contributed by atoms with van der Waals surface area (Å²) in [4.78, 5) is 29.3. The SMILES string of the molecule is O=C(N[C@@H]1CCCNC1)C1=C2NC(=O)N(c3cccc(C4CCOCC4)c3)C3CCNC(S1)C23. The first-order valence-electron chi connectivity index (χ1n) is 12.6. The van der Waals surface area contributed by atoms with Crippen molar-refractivity contribution in [1.29, 1.82) is 0 Å². The summed E-state index contributed by atoms with van der Waals surface area (Å²) < 4.78 is 5.54. The van der Waals surface area contributed by atoms with Crippen LogP contribution in [0, 0.1) is 5.92 Å². The molecule has 0 radical (unpaired) electrons. The summed E-state index contributed by atoms with van der Waals surface area (Å²) in [6, 6.07) is 8.52. The molecule has 1 aromatic carbocycles. The standard InChI is InChI=1S/C25H33N5O3S/c31-23(28-17-4-2-9-26-14-17)22-21-20-19(6-10-27-24(20)34-22)30(25(32)29-21)18-5-1-3-16(13-18)15-7-11-33-12-8-15/h1,3,5,13,15,17,19-20,24,26-27H,2,4,6-12,14H2,(H,28,31)(H,29,32)/t17-,19?,20?,24?/m1/s1.